The van der Waals surface area contributed by atoms with Gasteiger partial charge in [0.15, 0.2) is 5.69 Å². The van der Waals surface area contributed by atoms with Crippen LogP contribution in [0.2, 0.25) is 0 Å². The molecule has 27 heavy (non-hydrogen) atoms. The molecular formula is C19H18N4O4. The molecular weight excluding hydrogens is 348 g/mol. The van der Waals surface area contributed by atoms with E-state index in [0.717, 1.165) is 18.6 Å². The van der Waals surface area contributed by atoms with E-state index in [4.69, 9.17) is 4.42 Å². The molecule has 1 atom stereocenters. The Hall–Kier alpha value is -3.42. The first kappa shape index (κ1) is 17.0. The molecule has 1 aromatic carbocycles. The molecule has 8 heteroatoms. The van der Waals surface area contributed by atoms with Crippen molar-refractivity contribution in [1.82, 2.24) is 14.7 Å². The van der Waals surface area contributed by atoms with Crippen LogP contribution in [-0.4, -0.2) is 31.6 Å². The lowest BCUT2D eigenvalue weighted by atomic mass is 10.2. The summed E-state index contributed by atoms with van der Waals surface area (Å²) in [5.41, 5.74) is 0.800. The van der Waals surface area contributed by atoms with Crippen molar-refractivity contribution >= 4 is 11.6 Å². The Morgan fingerprint density at radius 3 is 2.81 bits per heavy atom. The number of aromatic nitrogens is 2. The van der Waals surface area contributed by atoms with Crippen molar-refractivity contribution in [2.75, 3.05) is 0 Å². The maximum absolute atomic E-state index is 13.1. The predicted molar refractivity (Wildman–Crippen MR) is 96.5 cm³/mol. The minimum atomic E-state index is -0.459. The van der Waals surface area contributed by atoms with E-state index in [2.05, 4.69) is 5.10 Å². The number of non-ortho nitro benzene ring substituents is 1. The van der Waals surface area contributed by atoms with Gasteiger partial charge in [0.2, 0.25) is 0 Å². The average molecular weight is 366 g/mol. The highest BCUT2D eigenvalue weighted by atomic mass is 16.6. The van der Waals surface area contributed by atoms with Gasteiger partial charge in [0.05, 0.1) is 22.9 Å². The molecule has 2 aromatic heterocycles. The van der Waals surface area contributed by atoms with Gasteiger partial charge in [0.1, 0.15) is 5.76 Å². The number of benzene rings is 1. The van der Waals surface area contributed by atoms with Crippen LogP contribution < -0.4 is 0 Å². The van der Waals surface area contributed by atoms with Crippen LogP contribution in [0.15, 0.2) is 59.3 Å². The molecule has 1 amide bonds. The van der Waals surface area contributed by atoms with Gasteiger partial charge in [0.25, 0.3) is 11.6 Å². The lowest BCUT2D eigenvalue weighted by molar-refractivity contribution is -0.384. The van der Waals surface area contributed by atoms with Crippen molar-refractivity contribution in [2.24, 2.45) is 0 Å². The molecule has 0 N–H and O–H groups in total. The van der Waals surface area contributed by atoms with Crippen LogP contribution in [0.5, 0.6) is 0 Å². The van der Waals surface area contributed by atoms with Gasteiger partial charge in [-0.3, -0.25) is 14.9 Å². The zero-order chi connectivity index (χ0) is 19.0. The summed E-state index contributed by atoms with van der Waals surface area (Å²) in [4.78, 5) is 25.4. The van der Waals surface area contributed by atoms with E-state index in [9.17, 15) is 14.9 Å². The van der Waals surface area contributed by atoms with Crippen molar-refractivity contribution in [2.45, 2.75) is 31.8 Å². The van der Waals surface area contributed by atoms with Crippen molar-refractivity contribution in [3.8, 4) is 5.69 Å². The van der Waals surface area contributed by atoms with E-state index in [-0.39, 0.29) is 23.7 Å². The number of nitro groups is 1. The summed E-state index contributed by atoms with van der Waals surface area (Å²) >= 11 is 0. The first-order valence-electron chi connectivity index (χ1n) is 8.71. The molecule has 4 rings (SSSR count). The van der Waals surface area contributed by atoms with Crippen molar-refractivity contribution in [3.63, 3.8) is 0 Å². The Balaban J connectivity index is 1.61. The van der Waals surface area contributed by atoms with Crippen LogP contribution in [0.25, 0.3) is 5.69 Å². The van der Waals surface area contributed by atoms with E-state index < -0.39 is 4.92 Å². The van der Waals surface area contributed by atoms with E-state index in [1.807, 2.05) is 13.0 Å². The number of furan rings is 1. The largest absolute Gasteiger partial charge is 0.467 e. The highest BCUT2D eigenvalue weighted by Crippen LogP contribution is 2.35. The molecule has 138 valence electrons. The third-order valence-corrected chi connectivity index (χ3v) is 4.66. The second-order valence-corrected chi connectivity index (χ2v) is 6.56. The third kappa shape index (κ3) is 3.33. The lowest BCUT2D eigenvalue weighted by Gasteiger charge is -2.27. The van der Waals surface area contributed by atoms with E-state index >= 15 is 0 Å². The Bertz CT molecular complexity index is 975. The maximum atomic E-state index is 13.1. The molecule has 1 aliphatic rings. The number of rotatable bonds is 6. The summed E-state index contributed by atoms with van der Waals surface area (Å²) in [6, 6.07) is 11.4. The van der Waals surface area contributed by atoms with E-state index in [1.165, 1.54) is 16.8 Å². The van der Waals surface area contributed by atoms with Gasteiger partial charge in [-0.05, 0) is 44.0 Å². The second-order valence-electron chi connectivity index (χ2n) is 6.56. The highest BCUT2D eigenvalue weighted by molar-refractivity contribution is 5.93. The Morgan fingerprint density at radius 2 is 2.15 bits per heavy atom. The molecule has 1 aliphatic carbocycles. The molecule has 0 aliphatic heterocycles. The predicted octanol–water partition coefficient (Wildman–Crippen LogP) is 3.74. The fourth-order valence-corrected chi connectivity index (χ4v) is 3.14. The molecule has 2 heterocycles. The van der Waals surface area contributed by atoms with Crippen LogP contribution in [0.3, 0.4) is 0 Å². The summed E-state index contributed by atoms with van der Waals surface area (Å²) in [6.07, 6.45) is 5.15. The van der Waals surface area contributed by atoms with Gasteiger partial charge in [-0.2, -0.15) is 5.10 Å². The molecule has 8 nitrogen and oxygen atoms in total. The van der Waals surface area contributed by atoms with Gasteiger partial charge in [-0.1, -0.05) is 6.07 Å². The first-order valence-corrected chi connectivity index (χ1v) is 8.71. The van der Waals surface area contributed by atoms with Crippen LogP contribution in [0.4, 0.5) is 5.69 Å². The third-order valence-electron chi connectivity index (χ3n) is 4.66. The molecule has 1 fully saturated rings. The zero-order valence-electron chi connectivity index (χ0n) is 14.7. The van der Waals surface area contributed by atoms with Gasteiger partial charge in [0, 0.05) is 24.4 Å². The fourth-order valence-electron chi connectivity index (χ4n) is 3.14. The Labute approximate surface area is 155 Å². The molecule has 0 bridgehead atoms. The Kier molecular flexibility index (Phi) is 4.23. The van der Waals surface area contributed by atoms with E-state index in [1.54, 1.807) is 41.6 Å². The second kappa shape index (κ2) is 6.71. The van der Waals surface area contributed by atoms with Crippen LogP contribution in [0.1, 0.15) is 42.1 Å². The number of hydrogen-bond donors (Lipinski definition) is 0. The standard InChI is InChI=1S/C19H18N4O4/c1-13(18-6-3-11-27-18)22(14-7-8-14)19(24)17-9-10-21(20-17)15-4-2-5-16(12-15)23(25)26/h2-6,9-14H,7-8H2,1H3. The highest BCUT2D eigenvalue weighted by Gasteiger charge is 2.38. The van der Waals surface area contributed by atoms with Crippen molar-refractivity contribution < 1.29 is 14.1 Å². The molecule has 0 spiro atoms. The summed E-state index contributed by atoms with van der Waals surface area (Å²) in [6.45, 7) is 1.94. The SMILES string of the molecule is CC(c1ccco1)N(C(=O)c1ccn(-c2cccc([N+](=O)[O-])c2)n1)C1CC1. The van der Waals surface area contributed by atoms with Crippen LogP contribution in [-0.2, 0) is 0 Å². The van der Waals surface area contributed by atoms with Crippen LogP contribution >= 0.6 is 0 Å². The Morgan fingerprint density at radius 1 is 1.33 bits per heavy atom. The minimum Gasteiger partial charge on any atom is -0.467 e. The molecule has 1 saturated carbocycles. The first-order chi connectivity index (χ1) is 13.0. The fraction of sp³-hybridized carbons (Fsp3) is 0.263. The average Bonchev–Trinajstić information content (AvgIpc) is 3.16. The number of hydrogen-bond acceptors (Lipinski definition) is 5. The molecule has 0 radical (unpaired) electrons. The molecule has 1 unspecified atom stereocenters. The minimum absolute atomic E-state index is 0.0260. The zero-order valence-corrected chi connectivity index (χ0v) is 14.7. The monoisotopic (exact) mass is 366 g/mol. The number of carbonyl (C=O) groups is 1. The summed E-state index contributed by atoms with van der Waals surface area (Å²) in [5.74, 6) is 0.555. The number of amides is 1. The van der Waals surface area contributed by atoms with Gasteiger partial charge >= 0.3 is 0 Å². The quantitative estimate of drug-likeness (QED) is 0.489. The summed E-state index contributed by atoms with van der Waals surface area (Å²) < 4.78 is 6.94. The van der Waals surface area contributed by atoms with E-state index in [0.29, 0.717) is 11.4 Å². The lowest BCUT2D eigenvalue weighted by Crippen LogP contribution is -2.35. The number of nitro benzene ring substituents is 1. The molecule has 3 aromatic rings. The number of carbonyl (C=O) groups excluding carboxylic acids is 1. The number of nitrogens with zero attached hydrogens (tertiary/aromatic N) is 4. The van der Waals surface area contributed by atoms with Gasteiger partial charge in [-0.15, -0.1) is 0 Å². The molecule has 0 saturated heterocycles. The van der Waals surface area contributed by atoms with Crippen molar-refractivity contribution in [1.29, 1.82) is 0 Å². The van der Waals surface area contributed by atoms with Crippen molar-refractivity contribution in [3.05, 3.63) is 76.5 Å². The maximum Gasteiger partial charge on any atom is 0.275 e. The topological polar surface area (TPSA) is 94.4 Å². The van der Waals surface area contributed by atoms with Crippen LogP contribution in [0, 0.1) is 10.1 Å². The summed E-state index contributed by atoms with van der Waals surface area (Å²) in [5, 5.41) is 15.3. The summed E-state index contributed by atoms with van der Waals surface area (Å²) in [7, 11) is 0. The normalized spacial score (nSPS) is 14.7. The van der Waals surface area contributed by atoms with Gasteiger partial charge < -0.3 is 9.32 Å². The smallest absolute Gasteiger partial charge is 0.275 e. The van der Waals surface area contributed by atoms with Gasteiger partial charge in [-0.25, -0.2) is 4.68 Å².